The van der Waals surface area contributed by atoms with Crippen molar-refractivity contribution in [2.75, 3.05) is 13.2 Å². The highest BCUT2D eigenvalue weighted by Crippen LogP contribution is 2.42. The Hall–Kier alpha value is -3.16. The number of hydrogen-bond donors (Lipinski definition) is 3. The molecule has 186 valence electrons. The summed E-state index contributed by atoms with van der Waals surface area (Å²) < 4.78 is 6.82. The zero-order valence-corrected chi connectivity index (χ0v) is 21.5. The van der Waals surface area contributed by atoms with Gasteiger partial charge in [0, 0.05) is 10.1 Å². The molecule has 1 unspecified atom stereocenters. The van der Waals surface area contributed by atoms with Gasteiger partial charge in [-0.2, -0.15) is 0 Å². The minimum Gasteiger partial charge on any atom is -0.490 e. The molecule has 0 spiro atoms. The monoisotopic (exact) mass is 495 g/mol. The normalized spacial score (nSPS) is 12.4. The first-order valence-corrected chi connectivity index (χ1v) is 12.5. The van der Waals surface area contributed by atoms with Crippen LogP contribution in [0.3, 0.4) is 0 Å². The highest BCUT2D eigenvalue weighted by Gasteiger charge is 2.31. The minimum atomic E-state index is -1.07. The van der Waals surface area contributed by atoms with E-state index in [2.05, 4.69) is 50.0 Å². The Labute approximate surface area is 210 Å². The van der Waals surface area contributed by atoms with Gasteiger partial charge in [-0.3, -0.25) is 9.59 Å². The number of aryl methyl sites for hydroxylation is 1. The van der Waals surface area contributed by atoms with Gasteiger partial charge < -0.3 is 20.3 Å². The lowest BCUT2D eigenvalue weighted by Gasteiger charge is -2.34. The second-order valence-electron chi connectivity index (χ2n) is 8.88. The van der Waals surface area contributed by atoms with E-state index in [9.17, 15) is 14.7 Å². The van der Waals surface area contributed by atoms with Gasteiger partial charge >= 0.3 is 5.97 Å². The van der Waals surface area contributed by atoms with Gasteiger partial charge in [0.05, 0.1) is 4.88 Å². The number of aliphatic hydroxyl groups excluding tert-OH is 1. The van der Waals surface area contributed by atoms with Crippen LogP contribution in [-0.4, -0.2) is 41.3 Å². The van der Waals surface area contributed by atoms with Crippen molar-refractivity contribution in [2.24, 2.45) is 0 Å². The first-order chi connectivity index (χ1) is 16.6. The number of benzene rings is 2. The molecule has 0 bridgehead atoms. The Bertz CT molecular complexity index is 1240. The van der Waals surface area contributed by atoms with Crippen molar-refractivity contribution in [1.82, 2.24) is 5.32 Å². The molecule has 3 rings (SSSR count). The molecule has 2 aromatic carbocycles. The highest BCUT2D eigenvalue weighted by atomic mass is 32.1. The third kappa shape index (κ3) is 5.74. The molecule has 35 heavy (non-hydrogen) atoms. The Morgan fingerprint density at radius 1 is 1.11 bits per heavy atom. The smallest absolute Gasteiger partial charge is 0.322 e. The van der Waals surface area contributed by atoms with Gasteiger partial charge in [-0.15, -0.1) is 11.3 Å². The van der Waals surface area contributed by atoms with Crippen molar-refractivity contribution in [3.63, 3.8) is 0 Å². The van der Waals surface area contributed by atoms with Crippen molar-refractivity contribution in [3.8, 4) is 5.75 Å². The van der Waals surface area contributed by atoms with Gasteiger partial charge in [0.25, 0.3) is 5.91 Å². The number of rotatable bonds is 11. The second-order valence-corrected chi connectivity index (χ2v) is 9.97. The second kappa shape index (κ2) is 11.1. The summed E-state index contributed by atoms with van der Waals surface area (Å²) in [6.07, 6.45) is 1.08. The lowest BCUT2D eigenvalue weighted by atomic mass is 9.70. The predicted molar refractivity (Wildman–Crippen MR) is 141 cm³/mol. The number of nitrogens with one attached hydrogen (secondary N) is 1. The molecule has 0 aliphatic rings. The summed E-state index contributed by atoms with van der Waals surface area (Å²) in [6, 6.07) is 14.3. The van der Waals surface area contributed by atoms with E-state index in [-0.39, 0.29) is 17.9 Å². The van der Waals surface area contributed by atoms with Crippen LogP contribution in [0.4, 0.5) is 0 Å². The molecule has 0 aliphatic heterocycles. The minimum absolute atomic E-state index is 0.166. The van der Waals surface area contributed by atoms with Crippen molar-refractivity contribution in [1.29, 1.82) is 0 Å². The topological polar surface area (TPSA) is 95.9 Å². The van der Waals surface area contributed by atoms with Crippen LogP contribution in [0.5, 0.6) is 5.75 Å². The van der Waals surface area contributed by atoms with E-state index in [1.54, 1.807) is 13.0 Å². The number of aliphatic carboxylic acids is 1. The summed E-state index contributed by atoms with van der Waals surface area (Å²) in [6.45, 7) is 11.7. The van der Waals surface area contributed by atoms with E-state index in [0.717, 1.165) is 34.2 Å². The SMILES string of the molecule is C=C(C)C(O)COc1ccc(C(CC)(CC)c2ccc3cc(C(=O)NCC(=O)O)sc3c2)cc1C. The molecule has 3 N–H and O–H groups in total. The van der Waals surface area contributed by atoms with Crippen LogP contribution in [0.15, 0.2) is 54.6 Å². The number of amides is 1. The third-order valence-electron chi connectivity index (χ3n) is 6.60. The Kier molecular flexibility index (Phi) is 8.35. The van der Waals surface area contributed by atoms with Crippen LogP contribution in [0.1, 0.15) is 60.0 Å². The average Bonchev–Trinajstić information content (AvgIpc) is 3.26. The lowest BCUT2D eigenvalue weighted by molar-refractivity contribution is -0.135. The molecular formula is C28H33NO5S. The van der Waals surface area contributed by atoms with E-state index in [0.29, 0.717) is 10.5 Å². The third-order valence-corrected chi connectivity index (χ3v) is 7.69. The van der Waals surface area contributed by atoms with Crippen molar-refractivity contribution in [2.45, 2.75) is 52.1 Å². The van der Waals surface area contributed by atoms with E-state index in [1.165, 1.54) is 22.5 Å². The molecule has 7 heteroatoms. The van der Waals surface area contributed by atoms with Gasteiger partial charge in [0.2, 0.25) is 0 Å². The van der Waals surface area contributed by atoms with E-state index in [1.807, 2.05) is 19.1 Å². The summed E-state index contributed by atoms with van der Waals surface area (Å²) in [5.74, 6) is -0.715. The quantitative estimate of drug-likeness (QED) is 0.308. The number of hydrogen-bond acceptors (Lipinski definition) is 5. The van der Waals surface area contributed by atoms with E-state index < -0.39 is 18.6 Å². The van der Waals surface area contributed by atoms with Gasteiger partial charge in [-0.05, 0) is 72.5 Å². The van der Waals surface area contributed by atoms with Crippen LogP contribution >= 0.6 is 11.3 Å². The molecule has 0 aliphatic carbocycles. The first-order valence-electron chi connectivity index (χ1n) is 11.7. The molecule has 0 saturated heterocycles. The van der Waals surface area contributed by atoms with E-state index >= 15 is 0 Å². The van der Waals surface area contributed by atoms with Crippen LogP contribution in [0.2, 0.25) is 0 Å². The predicted octanol–water partition coefficient (Wildman–Crippen LogP) is 5.45. The summed E-state index contributed by atoms with van der Waals surface area (Å²) in [5, 5.41) is 22.2. The van der Waals surface area contributed by atoms with Crippen molar-refractivity contribution in [3.05, 3.63) is 76.2 Å². The standard InChI is InChI=1S/C28H33NO5S/c1-6-28(7-2,20-10-11-23(18(5)12-20)34-16-22(30)17(3)4)21-9-8-19-13-25(35-24(19)14-21)27(33)29-15-26(31)32/h8-14,22,30H,3,6-7,15-16H2,1-2,4-5H3,(H,29,33)(H,31,32). The van der Waals surface area contributed by atoms with Crippen molar-refractivity contribution >= 4 is 33.3 Å². The number of carboxylic acid groups (broad SMARTS) is 1. The van der Waals surface area contributed by atoms with Crippen LogP contribution in [0.25, 0.3) is 10.1 Å². The molecular weight excluding hydrogens is 462 g/mol. The van der Waals surface area contributed by atoms with Crippen LogP contribution in [-0.2, 0) is 10.2 Å². The van der Waals surface area contributed by atoms with Gasteiger partial charge in [0.1, 0.15) is 25.0 Å². The van der Waals surface area contributed by atoms with Crippen LogP contribution < -0.4 is 10.1 Å². The fourth-order valence-electron chi connectivity index (χ4n) is 4.34. The maximum Gasteiger partial charge on any atom is 0.322 e. The number of thiophene rings is 1. The fourth-order valence-corrected chi connectivity index (χ4v) is 5.36. The molecule has 1 amide bonds. The molecule has 6 nitrogen and oxygen atoms in total. The molecule has 1 heterocycles. The van der Waals surface area contributed by atoms with Crippen molar-refractivity contribution < 1.29 is 24.5 Å². The summed E-state index contributed by atoms with van der Waals surface area (Å²) in [5.41, 5.74) is 3.80. The number of carbonyl (C=O) groups is 2. The van der Waals surface area contributed by atoms with E-state index in [4.69, 9.17) is 9.84 Å². The first kappa shape index (κ1) is 26.4. The summed E-state index contributed by atoms with van der Waals surface area (Å²) in [4.78, 5) is 23.6. The number of aliphatic hydroxyl groups is 1. The maximum atomic E-state index is 12.3. The Balaban J connectivity index is 1.93. The zero-order valence-electron chi connectivity index (χ0n) is 20.7. The molecule has 0 fully saturated rings. The molecule has 0 radical (unpaired) electrons. The summed E-state index contributed by atoms with van der Waals surface area (Å²) in [7, 11) is 0. The Morgan fingerprint density at radius 3 is 2.37 bits per heavy atom. The largest absolute Gasteiger partial charge is 0.490 e. The summed E-state index contributed by atoms with van der Waals surface area (Å²) >= 11 is 1.36. The lowest BCUT2D eigenvalue weighted by Crippen LogP contribution is -2.28. The molecule has 3 aromatic rings. The highest BCUT2D eigenvalue weighted by molar-refractivity contribution is 7.20. The zero-order chi connectivity index (χ0) is 25.8. The van der Waals surface area contributed by atoms with Gasteiger partial charge in [-0.25, -0.2) is 0 Å². The number of carboxylic acids is 1. The average molecular weight is 496 g/mol. The maximum absolute atomic E-state index is 12.3. The van der Waals surface area contributed by atoms with Gasteiger partial charge in [0.15, 0.2) is 0 Å². The molecule has 0 saturated carbocycles. The molecule has 1 aromatic heterocycles. The molecule has 1 atom stereocenters. The fraction of sp³-hybridized carbons (Fsp3) is 0.357. The number of ether oxygens (including phenoxy) is 1. The Morgan fingerprint density at radius 2 is 1.77 bits per heavy atom. The van der Waals surface area contributed by atoms with Gasteiger partial charge in [-0.1, -0.05) is 44.7 Å². The number of carbonyl (C=O) groups excluding carboxylic acids is 1. The number of fused-ring (bicyclic) bond motifs is 1. The van der Waals surface area contributed by atoms with Crippen LogP contribution in [0, 0.1) is 6.92 Å².